The van der Waals surface area contributed by atoms with E-state index in [1.807, 2.05) is 0 Å². The summed E-state index contributed by atoms with van der Waals surface area (Å²) in [7, 11) is 0. The smallest absolute Gasteiger partial charge is 0.323 e. The van der Waals surface area contributed by atoms with Gasteiger partial charge in [-0.3, -0.25) is 0 Å². The lowest BCUT2D eigenvalue weighted by Crippen LogP contribution is -2.12. The van der Waals surface area contributed by atoms with Crippen molar-refractivity contribution in [1.82, 2.24) is 15.0 Å². The van der Waals surface area contributed by atoms with E-state index in [9.17, 15) is 8.78 Å². The Morgan fingerprint density at radius 3 is 2.65 bits per heavy atom. The minimum absolute atomic E-state index is 0.00631. The molecule has 0 saturated carbocycles. The molecule has 8 heteroatoms. The number of hydrogen-bond acceptors (Lipinski definition) is 6. The summed E-state index contributed by atoms with van der Waals surface area (Å²) in [5, 5.41) is 2.53. The van der Waals surface area contributed by atoms with Gasteiger partial charge in [0.25, 0.3) is 0 Å². The minimum Gasteiger partial charge on any atom is -0.461 e. The Morgan fingerprint density at radius 1 is 1.20 bits per heavy atom. The van der Waals surface area contributed by atoms with Crippen LogP contribution < -0.4 is 15.8 Å². The second-order valence-electron chi connectivity index (χ2n) is 4.19. The highest BCUT2D eigenvalue weighted by Crippen LogP contribution is 2.21. The third-order valence-electron chi connectivity index (χ3n) is 2.17. The Kier molecular flexibility index (Phi) is 3.92. The van der Waals surface area contributed by atoms with Crippen molar-refractivity contribution in [2.45, 2.75) is 20.0 Å². The van der Waals surface area contributed by atoms with Crippen LogP contribution in [0.4, 0.5) is 26.4 Å². The molecule has 1 aromatic carbocycles. The molecule has 2 rings (SSSR count). The number of nitrogens with one attached hydrogen (secondary N) is 1. The van der Waals surface area contributed by atoms with Crippen molar-refractivity contribution in [3.05, 3.63) is 29.8 Å². The number of ether oxygens (including phenoxy) is 1. The average Bonchev–Trinajstić information content (AvgIpc) is 2.33. The monoisotopic (exact) mass is 281 g/mol. The molecule has 0 amide bonds. The van der Waals surface area contributed by atoms with Gasteiger partial charge in [-0.05, 0) is 26.0 Å². The molecule has 20 heavy (non-hydrogen) atoms. The number of aromatic nitrogens is 3. The molecule has 0 unspecified atom stereocenters. The maximum Gasteiger partial charge on any atom is 0.323 e. The summed E-state index contributed by atoms with van der Waals surface area (Å²) < 4.78 is 31.9. The quantitative estimate of drug-likeness (QED) is 0.894. The van der Waals surface area contributed by atoms with Crippen LogP contribution in [0.1, 0.15) is 13.8 Å². The van der Waals surface area contributed by atoms with Crippen LogP contribution in [-0.2, 0) is 0 Å². The molecular weight excluding hydrogens is 268 g/mol. The van der Waals surface area contributed by atoms with Crippen LogP contribution in [0.5, 0.6) is 6.01 Å². The first kappa shape index (κ1) is 13.9. The molecule has 0 saturated heterocycles. The van der Waals surface area contributed by atoms with Crippen LogP contribution in [0.2, 0.25) is 0 Å². The van der Waals surface area contributed by atoms with Crippen LogP contribution in [0.25, 0.3) is 0 Å². The number of halogens is 2. The number of nitrogens with zero attached hydrogens (tertiary/aromatic N) is 3. The number of anilines is 3. The van der Waals surface area contributed by atoms with Crippen molar-refractivity contribution in [3.8, 4) is 6.01 Å². The summed E-state index contributed by atoms with van der Waals surface area (Å²) in [4.78, 5) is 11.5. The molecule has 0 atom stereocenters. The maximum absolute atomic E-state index is 13.5. The summed E-state index contributed by atoms with van der Waals surface area (Å²) in [5.74, 6) is -2.12. The first-order chi connectivity index (χ1) is 9.45. The van der Waals surface area contributed by atoms with Gasteiger partial charge in [0.1, 0.15) is 0 Å². The lowest BCUT2D eigenvalue weighted by molar-refractivity contribution is 0.222. The lowest BCUT2D eigenvalue weighted by atomic mass is 10.3. The fourth-order valence-electron chi connectivity index (χ4n) is 1.41. The van der Waals surface area contributed by atoms with Gasteiger partial charge in [0.2, 0.25) is 11.9 Å². The Hall–Kier alpha value is -2.51. The first-order valence-corrected chi connectivity index (χ1v) is 5.85. The molecule has 0 fully saturated rings. The van der Waals surface area contributed by atoms with E-state index in [1.54, 1.807) is 13.8 Å². The third-order valence-corrected chi connectivity index (χ3v) is 2.17. The van der Waals surface area contributed by atoms with Gasteiger partial charge in [-0.2, -0.15) is 15.0 Å². The van der Waals surface area contributed by atoms with E-state index in [1.165, 1.54) is 12.1 Å². The molecule has 3 N–H and O–H groups in total. The highest BCUT2D eigenvalue weighted by molar-refractivity contribution is 5.55. The molecule has 0 radical (unpaired) electrons. The Balaban J connectivity index is 2.29. The van der Waals surface area contributed by atoms with Crippen LogP contribution >= 0.6 is 0 Å². The lowest BCUT2D eigenvalue weighted by Gasteiger charge is -2.10. The minimum atomic E-state index is -1.03. The predicted octanol–water partition coefficient (Wildman–Crippen LogP) is 2.26. The number of nitrogen functional groups attached to an aromatic ring is 1. The summed E-state index contributed by atoms with van der Waals surface area (Å²) in [6, 6.07) is 3.72. The largest absolute Gasteiger partial charge is 0.461 e. The standard InChI is InChI=1S/C12H13F2N5O/c1-6(2)20-12-18-10(15)17-11(19-12)16-8-5-3-4-7(13)9(8)14/h3-6H,1-2H3,(H3,15,16,17,18,19). The van der Waals surface area contributed by atoms with Gasteiger partial charge in [-0.1, -0.05) is 6.07 Å². The van der Waals surface area contributed by atoms with E-state index < -0.39 is 11.6 Å². The molecule has 0 spiro atoms. The van der Waals surface area contributed by atoms with Gasteiger partial charge in [-0.15, -0.1) is 0 Å². The van der Waals surface area contributed by atoms with Gasteiger partial charge in [0.05, 0.1) is 11.8 Å². The Morgan fingerprint density at radius 2 is 1.95 bits per heavy atom. The average molecular weight is 281 g/mol. The van der Waals surface area contributed by atoms with E-state index in [-0.39, 0.29) is 29.7 Å². The molecule has 1 heterocycles. The fourth-order valence-corrected chi connectivity index (χ4v) is 1.41. The highest BCUT2D eigenvalue weighted by Gasteiger charge is 2.11. The van der Waals surface area contributed by atoms with E-state index in [0.717, 1.165) is 6.07 Å². The maximum atomic E-state index is 13.5. The number of benzene rings is 1. The van der Waals surface area contributed by atoms with E-state index in [0.29, 0.717) is 0 Å². The van der Waals surface area contributed by atoms with Crippen molar-refractivity contribution in [2.75, 3.05) is 11.1 Å². The highest BCUT2D eigenvalue weighted by atomic mass is 19.2. The zero-order valence-corrected chi connectivity index (χ0v) is 10.9. The molecular formula is C12H13F2N5O. The van der Waals surface area contributed by atoms with Gasteiger partial charge >= 0.3 is 6.01 Å². The second kappa shape index (κ2) is 5.64. The fraction of sp³-hybridized carbons (Fsp3) is 0.250. The SMILES string of the molecule is CC(C)Oc1nc(N)nc(Nc2cccc(F)c2F)n1. The van der Waals surface area contributed by atoms with Crippen LogP contribution in [0.15, 0.2) is 18.2 Å². The number of hydrogen-bond donors (Lipinski definition) is 2. The van der Waals surface area contributed by atoms with Crippen molar-refractivity contribution < 1.29 is 13.5 Å². The van der Waals surface area contributed by atoms with Gasteiger partial charge < -0.3 is 15.8 Å². The van der Waals surface area contributed by atoms with Crippen molar-refractivity contribution in [1.29, 1.82) is 0 Å². The summed E-state index contributed by atoms with van der Waals surface area (Å²) in [6.07, 6.45) is -0.157. The molecule has 0 aliphatic heterocycles. The summed E-state index contributed by atoms with van der Waals surface area (Å²) >= 11 is 0. The normalized spacial score (nSPS) is 10.7. The molecule has 106 valence electrons. The van der Waals surface area contributed by atoms with Crippen LogP contribution in [0.3, 0.4) is 0 Å². The van der Waals surface area contributed by atoms with E-state index in [2.05, 4.69) is 20.3 Å². The van der Waals surface area contributed by atoms with E-state index in [4.69, 9.17) is 10.5 Å². The summed E-state index contributed by atoms with van der Waals surface area (Å²) in [6.45, 7) is 3.58. The molecule has 6 nitrogen and oxygen atoms in total. The van der Waals surface area contributed by atoms with Gasteiger partial charge in [0.15, 0.2) is 11.6 Å². The predicted molar refractivity (Wildman–Crippen MR) is 69.6 cm³/mol. The zero-order valence-electron chi connectivity index (χ0n) is 10.9. The molecule has 2 aromatic rings. The first-order valence-electron chi connectivity index (χ1n) is 5.85. The van der Waals surface area contributed by atoms with Crippen molar-refractivity contribution in [3.63, 3.8) is 0 Å². The number of rotatable bonds is 4. The van der Waals surface area contributed by atoms with E-state index >= 15 is 0 Å². The van der Waals surface area contributed by atoms with Crippen LogP contribution in [-0.4, -0.2) is 21.1 Å². The third kappa shape index (κ3) is 3.28. The molecule has 0 aliphatic carbocycles. The van der Waals surface area contributed by atoms with Gasteiger partial charge in [-0.25, -0.2) is 8.78 Å². The Bertz CT molecular complexity index is 621. The molecule has 0 bridgehead atoms. The van der Waals surface area contributed by atoms with Crippen LogP contribution in [0, 0.1) is 11.6 Å². The second-order valence-corrected chi connectivity index (χ2v) is 4.19. The topological polar surface area (TPSA) is 86.0 Å². The van der Waals surface area contributed by atoms with Crippen molar-refractivity contribution >= 4 is 17.6 Å². The Labute approximate surface area is 114 Å². The summed E-state index contributed by atoms with van der Waals surface area (Å²) in [5.41, 5.74) is 5.40. The van der Waals surface area contributed by atoms with Crippen molar-refractivity contribution in [2.24, 2.45) is 0 Å². The molecule has 1 aromatic heterocycles. The number of nitrogens with two attached hydrogens (primary N) is 1. The zero-order chi connectivity index (χ0) is 14.7. The van der Waals surface area contributed by atoms with Gasteiger partial charge in [0, 0.05) is 0 Å². The molecule has 0 aliphatic rings.